The van der Waals surface area contributed by atoms with E-state index < -0.39 is 0 Å². The lowest BCUT2D eigenvalue weighted by Gasteiger charge is -2.00. The number of nitrogen functional groups attached to an aromatic ring is 1. The minimum Gasteiger partial charge on any atom is -0.381 e. The topological polar surface area (TPSA) is 48.1 Å². The lowest BCUT2D eigenvalue weighted by atomic mass is 10.1. The van der Waals surface area contributed by atoms with Crippen LogP contribution in [0.2, 0.25) is 0 Å². The Labute approximate surface area is 69.2 Å². The fraction of sp³-hybridized carbons (Fsp3) is 0.571. The molecule has 0 unspecified atom stereocenters. The molecule has 0 saturated carbocycles. The number of aromatic nitrogens is 1. The molecule has 11 heavy (non-hydrogen) atoms. The van der Waals surface area contributed by atoms with Crippen molar-refractivity contribution in [3.05, 3.63) is 11.1 Å². The maximum Gasteiger partial charge on any atom is 0.180 e. The number of thiazole rings is 1. The first-order valence-corrected chi connectivity index (χ1v) is 4.47. The zero-order chi connectivity index (χ0) is 7.68. The van der Waals surface area contributed by atoms with E-state index in [1.54, 1.807) is 11.3 Å². The highest BCUT2D eigenvalue weighted by Gasteiger charge is 2.19. The smallest absolute Gasteiger partial charge is 0.180 e. The average Bonchev–Trinajstić information content (AvgIpc) is 2.55. The summed E-state index contributed by atoms with van der Waals surface area (Å²) in [5.74, 6) is 0.546. The number of rotatable bonds is 1. The van der Waals surface area contributed by atoms with Crippen molar-refractivity contribution < 1.29 is 4.74 Å². The van der Waals surface area contributed by atoms with E-state index >= 15 is 0 Å². The summed E-state index contributed by atoms with van der Waals surface area (Å²) in [5.41, 5.74) is 5.51. The number of nitrogens with zero attached hydrogens (tertiary/aromatic N) is 1. The van der Waals surface area contributed by atoms with Crippen LogP contribution in [0.25, 0.3) is 0 Å². The molecule has 0 aromatic carbocycles. The van der Waals surface area contributed by atoms with Gasteiger partial charge in [-0.3, -0.25) is 0 Å². The van der Waals surface area contributed by atoms with Gasteiger partial charge in [-0.15, -0.1) is 11.3 Å². The molecule has 60 valence electrons. The minimum atomic E-state index is 0.546. The predicted octanol–water partition coefficient (Wildman–Crippen LogP) is 1.23. The number of hydrogen-bond donors (Lipinski definition) is 1. The van der Waals surface area contributed by atoms with Crippen molar-refractivity contribution in [2.45, 2.75) is 12.3 Å². The van der Waals surface area contributed by atoms with E-state index in [0.29, 0.717) is 11.0 Å². The molecule has 1 aliphatic rings. The van der Waals surface area contributed by atoms with Gasteiger partial charge < -0.3 is 10.5 Å². The van der Waals surface area contributed by atoms with Gasteiger partial charge in [0.1, 0.15) is 0 Å². The van der Waals surface area contributed by atoms with Crippen LogP contribution in [-0.4, -0.2) is 18.2 Å². The third-order valence-corrected chi connectivity index (χ3v) is 2.86. The molecule has 1 aromatic heterocycles. The van der Waals surface area contributed by atoms with Crippen LogP contribution >= 0.6 is 11.3 Å². The van der Waals surface area contributed by atoms with Gasteiger partial charge in [0.25, 0.3) is 0 Å². The zero-order valence-electron chi connectivity index (χ0n) is 6.12. The molecule has 1 fully saturated rings. The fourth-order valence-corrected chi connectivity index (χ4v) is 2.05. The Hall–Kier alpha value is -0.610. The van der Waals surface area contributed by atoms with Gasteiger partial charge in [-0.05, 0) is 6.42 Å². The van der Waals surface area contributed by atoms with Crippen molar-refractivity contribution in [2.24, 2.45) is 0 Å². The normalized spacial score (nSPS) is 24.2. The molecule has 0 amide bonds. The quantitative estimate of drug-likeness (QED) is 0.689. The van der Waals surface area contributed by atoms with Crippen LogP contribution < -0.4 is 5.73 Å². The maximum atomic E-state index is 5.51. The third kappa shape index (κ3) is 1.36. The Morgan fingerprint density at radius 1 is 1.73 bits per heavy atom. The first kappa shape index (κ1) is 7.06. The molecule has 0 radical (unpaired) electrons. The highest BCUT2D eigenvalue weighted by atomic mass is 32.1. The Kier molecular flexibility index (Phi) is 1.79. The van der Waals surface area contributed by atoms with Crippen LogP contribution in [0.1, 0.15) is 17.2 Å². The van der Waals surface area contributed by atoms with Gasteiger partial charge in [0.2, 0.25) is 0 Å². The lowest BCUT2D eigenvalue weighted by molar-refractivity contribution is 0.194. The lowest BCUT2D eigenvalue weighted by Crippen LogP contribution is -1.93. The summed E-state index contributed by atoms with van der Waals surface area (Å²) in [6, 6.07) is 0. The average molecular weight is 170 g/mol. The van der Waals surface area contributed by atoms with Crippen molar-refractivity contribution in [3.63, 3.8) is 0 Å². The van der Waals surface area contributed by atoms with E-state index in [0.717, 1.165) is 19.6 Å². The number of anilines is 1. The van der Waals surface area contributed by atoms with Crippen molar-refractivity contribution in [3.8, 4) is 0 Å². The second-order valence-electron chi connectivity index (χ2n) is 2.66. The molecule has 1 aromatic rings. The van der Waals surface area contributed by atoms with E-state index in [1.807, 2.05) is 6.20 Å². The predicted molar refractivity (Wildman–Crippen MR) is 44.7 cm³/mol. The van der Waals surface area contributed by atoms with Crippen molar-refractivity contribution in [1.29, 1.82) is 0 Å². The molecule has 3 nitrogen and oxygen atoms in total. The summed E-state index contributed by atoms with van der Waals surface area (Å²) in [7, 11) is 0. The Balaban J connectivity index is 2.15. The van der Waals surface area contributed by atoms with E-state index in [9.17, 15) is 0 Å². The summed E-state index contributed by atoms with van der Waals surface area (Å²) >= 11 is 1.57. The second-order valence-corrected chi connectivity index (χ2v) is 3.76. The summed E-state index contributed by atoms with van der Waals surface area (Å²) < 4.78 is 5.26. The Morgan fingerprint density at radius 3 is 3.18 bits per heavy atom. The van der Waals surface area contributed by atoms with Crippen LogP contribution in [-0.2, 0) is 4.74 Å². The molecular formula is C7H10N2OS. The molecule has 2 rings (SSSR count). The zero-order valence-corrected chi connectivity index (χ0v) is 6.93. The summed E-state index contributed by atoms with van der Waals surface area (Å²) in [6.07, 6.45) is 2.97. The molecule has 1 atom stereocenters. The minimum absolute atomic E-state index is 0.546. The van der Waals surface area contributed by atoms with Crippen molar-refractivity contribution >= 4 is 16.5 Å². The molecular weight excluding hydrogens is 160 g/mol. The summed E-state index contributed by atoms with van der Waals surface area (Å²) in [4.78, 5) is 5.27. The van der Waals surface area contributed by atoms with E-state index in [4.69, 9.17) is 10.5 Å². The molecule has 4 heteroatoms. The van der Waals surface area contributed by atoms with E-state index in [1.165, 1.54) is 4.88 Å². The van der Waals surface area contributed by atoms with E-state index in [2.05, 4.69) is 4.98 Å². The van der Waals surface area contributed by atoms with Crippen LogP contribution in [0.15, 0.2) is 6.20 Å². The molecule has 0 spiro atoms. The van der Waals surface area contributed by atoms with Crippen LogP contribution in [0, 0.1) is 0 Å². The molecule has 0 bridgehead atoms. The highest BCUT2D eigenvalue weighted by Crippen LogP contribution is 2.30. The van der Waals surface area contributed by atoms with Crippen LogP contribution in [0.5, 0.6) is 0 Å². The Morgan fingerprint density at radius 2 is 2.64 bits per heavy atom. The van der Waals surface area contributed by atoms with Crippen molar-refractivity contribution in [1.82, 2.24) is 4.98 Å². The molecule has 1 saturated heterocycles. The Bertz CT molecular complexity index is 242. The van der Waals surface area contributed by atoms with E-state index in [-0.39, 0.29) is 0 Å². The molecule has 1 aliphatic heterocycles. The highest BCUT2D eigenvalue weighted by molar-refractivity contribution is 7.15. The van der Waals surface area contributed by atoms with Gasteiger partial charge in [0.05, 0.1) is 6.61 Å². The van der Waals surface area contributed by atoms with Gasteiger partial charge in [0, 0.05) is 23.6 Å². The largest absolute Gasteiger partial charge is 0.381 e. The number of ether oxygens (including phenoxy) is 1. The van der Waals surface area contributed by atoms with Gasteiger partial charge in [0.15, 0.2) is 5.13 Å². The SMILES string of the molecule is Nc1ncc([C@@H]2CCOC2)s1. The van der Waals surface area contributed by atoms with Crippen molar-refractivity contribution in [2.75, 3.05) is 18.9 Å². The van der Waals surface area contributed by atoms with Gasteiger partial charge in [-0.2, -0.15) is 0 Å². The maximum absolute atomic E-state index is 5.51. The molecule has 2 heterocycles. The van der Waals surface area contributed by atoms with Gasteiger partial charge in [-0.25, -0.2) is 4.98 Å². The first-order valence-electron chi connectivity index (χ1n) is 3.65. The summed E-state index contributed by atoms with van der Waals surface area (Å²) in [6.45, 7) is 1.71. The number of nitrogens with two attached hydrogens (primary N) is 1. The van der Waals surface area contributed by atoms with Crippen LogP contribution in [0.4, 0.5) is 5.13 Å². The number of hydrogen-bond acceptors (Lipinski definition) is 4. The first-order chi connectivity index (χ1) is 5.36. The molecule has 2 N–H and O–H groups in total. The standard InChI is InChI=1S/C7H10N2OS/c8-7-9-3-6(11-7)5-1-2-10-4-5/h3,5H,1-2,4H2,(H2,8,9)/t5-/m1/s1. The van der Waals surface area contributed by atoms with Gasteiger partial charge >= 0.3 is 0 Å². The monoisotopic (exact) mass is 170 g/mol. The van der Waals surface area contributed by atoms with Gasteiger partial charge in [-0.1, -0.05) is 0 Å². The third-order valence-electron chi connectivity index (χ3n) is 1.87. The van der Waals surface area contributed by atoms with Crippen LogP contribution in [0.3, 0.4) is 0 Å². The molecule has 0 aliphatic carbocycles. The fourth-order valence-electron chi connectivity index (χ4n) is 1.25. The second kappa shape index (κ2) is 2.79. The summed E-state index contributed by atoms with van der Waals surface area (Å²) in [5, 5.41) is 0.659.